The summed E-state index contributed by atoms with van der Waals surface area (Å²) in [5, 5.41) is 19.2. The van der Waals surface area contributed by atoms with Gasteiger partial charge in [0.05, 0.1) is 5.60 Å². The molecule has 0 aliphatic rings. The molecule has 1 aromatic carbocycles. The average molecular weight is 194 g/mol. The van der Waals surface area contributed by atoms with Crippen LogP contribution in [-0.2, 0) is 6.42 Å². The number of hydrogen-bond acceptors (Lipinski definition) is 2. The highest BCUT2D eigenvalue weighted by atomic mass is 16.3. The van der Waals surface area contributed by atoms with Crippen molar-refractivity contribution >= 4 is 0 Å². The Balaban J connectivity index is 2.72. The molecule has 2 nitrogen and oxygen atoms in total. The molecular weight excluding hydrogens is 176 g/mol. The van der Waals surface area contributed by atoms with Crippen molar-refractivity contribution in [1.82, 2.24) is 0 Å². The maximum atomic E-state index is 10.1. The van der Waals surface area contributed by atoms with Gasteiger partial charge in [-0.1, -0.05) is 26.0 Å². The van der Waals surface area contributed by atoms with Gasteiger partial charge in [-0.3, -0.25) is 0 Å². The van der Waals surface area contributed by atoms with Crippen LogP contribution in [0.4, 0.5) is 0 Å². The Bertz CT molecular complexity index is 273. The minimum absolute atomic E-state index is 0.269. The molecule has 0 spiro atoms. The van der Waals surface area contributed by atoms with Crippen molar-refractivity contribution in [2.75, 3.05) is 0 Å². The quantitative estimate of drug-likeness (QED) is 0.773. The van der Waals surface area contributed by atoms with E-state index in [0.29, 0.717) is 6.42 Å². The maximum absolute atomic E-state index is 10.1. The SMILES string of the molecule is CCC(O)(CC)Cc1ccc(O)cc1. The molecule has 0 saturated carbocycles. The number of hydrogen-bond donors (Lipinski definition) is 2. The van der Waals surface area contributed by atoms with Crippen LogP contribution >= 0.6 is 0 Å². The van der Waals surface area contributed by atoms with Crippen LogP contribution in [0.2, 0.25) is 0 Å². The van der Waals surface area contributed by atoms with Gasteiger partial charge < -0.3 is 10.2 Å². The summed E-state index contributed by atoms with van der Waals surface area (Å²) in [6.07, 6.45) is 2.16. The summed E-state index contributed by atoms with van der Waals surface area (Å²) in [6.45, 7) is 3.98. The lowest BCUT2D eigenvalue weighted by Crippen LogP contribution is -2.29. The Kier molecular flexibility index (Phi) is 3.53. The highest BCUT2D eigenvalue weighted by molar-refractivity contribution is 5.26. The molecule has 0 amide bonds. The number of aromatic hydroxyl groups is 1. The van der Waals surface area contributed by atoms with Crippen molar-refractivity contribution in [1.29, 1.82) is 0 Å². The molecule has 0 atom stereocenters. The van der Waals surface area contributed by atoms with E-state index in [2.05, 4.69) is 0 Å². The van der Waals surface area contributed by atoms with Gasteiger partial charge in [-0.2, -0.15) is 0 Å². The zero-order valence-corrected chi connectivity index (χ0v) is 8.83. The molecule has 0 saturated heterocycles. The molecule has 0 aliphatic heterocycles. The summed E-state index contributed by atoms with van der Waals surface area (Å²) in [6, 6.07) is 7.01. The van der Waals surface area contributed by atoms with Gasteiger partial charge in [-0.05, 0) is 30.5 Å². The second-order valence-electron chi connectivity index (χ2n) is 3.77. The van der Waals surface area contributed by atoms with E-state index in [-0.39, 0.29) is 5.75 Å². The van der Waals surface area contributed by atoms with E-state index >= 15 is 0 Å². The lowest BCUT2D eigenvalue weighted by molar-refractivity contribution is 0.0326. The lowest BCUT2D eigenvalue weighted by atomic mass is 9.89. The van der Waals surface area contributed by atoms with Crippen LogP contribution in [0.15, 0.2) is 24.3 Å². The number of phenols is 1. The summed E-state index contributed by atoms with van der Waals surface area (Å²) in [5.74, 6) is 0.269. The van der Waals surface area contributed by atoms with E-state index in [1.54, 1.807) is 12.1 Å². The third kappa shape index (κ3) is 2.74. The zero-order valence-electron chi connectivity index (χ0n) is 8.83. The van der Waals surface area contributed by atoms with Crippen LogP contribution < -0.4 is 0 Å². The fraction of sp³-hybridized carbons (Fsp3) is 0.500. The fourth-order valence-corrected chi connectivity index (χ4v) is 1.49. The molecule has 0 aliphatic carbocycles. The van der Waals surface area contributed by atoms with Crippen molar-refractivity contribution in [2.45, 2.75) is 38.7 Å². The summed E-state index contributed by atoms with van der Waals surface area (Å²) >= 11 is 0. The molecule has 78 valence electrons. The minimum Gasteiger partial charge on any atom is -0.508 e. The maximum Gasteiger partial charge on any atom is 0.115 e. The van der Waals surface area contributed by atoms with E-state index in [9.17, 15) is 5.11 Å². The van der Waals surface area contributed by atoms with Crippen LogP contribution in [-0.4, -0.2) is 15.8 Å². The Labute approximate surface area is 85.2 Å². The summed E-state index contributed by atoms with van der Waals surface area (Å²) in [4.78, 5) is 0. The van der Waals surface area contributed by atoms with Gasteiger partial charge in [-0.15, -0.1) is 0 Å². The van der Waals surface area contributed by atoms with Gasteiger partial charge >= 0.3 is 0 Å². The molecule has 0 radical (unpaired) electrons. The van der Waals surface area contributed by atoms with Crippen molar-refractivity contribution in [3.63, 3.8) is 0 Å². The highest BCUT2D eigenvalue weighted by Crippen LogP contribution is 2.21. The summed E-state index contributed by atoms with van der Waals surface area (Å²) < 4.78 is 0. The molecular formula is C12H18O2. The van der Waals surface area contributed by atoms with E-state index in [4.69, 9.17) is 5.11 Å². The Morgan fingerprint density at radius 3 is 2.00 bits per heavy atom. The van der Waals surface area contributed by atoms with Crippen LogP contribution in [0.3, 0.4) is 0 Å². The Hall–Kier alpha value is -1.02. The molecule has 0 unspecified atom stereocenters. The third-order valence-electron chi connectivity index (χ3n) is 2.79. The molecule has 2 N–H and O–H groups in total. The third-order valence-corrected chi connectivity index (χ3v) is 2.79. The van der Waals surface area contributed by atoms with Crippen LogP contribution in [0, 0.1) is 0 Å². The first-order valence-corrected chi connectivity index (χ1v) is 5.10. The largest absolute Gasteiger partial charge is 0.508 e. The van der Waals surface area contributed by atoms with Gasteiger partial charge in [-0.25, -0.2) is 0 Å². The monoisotopic (exact) mass is 194 g/mol. The number of aliphatic hydroxyl groups is 1. The lowest BCUT2D eigenvalue weighted by Gasteiger charge is -2.25. The predicted molar refractivity (Wildman–Crippen MR) is 57.3 cm³/mol. The number of phenolic OH excluding ortho intramolecular Hbond substituents is 1. The normalized spacial score (nSPS) is 11.6. The van der Waals surface area contributed by atoms with E-state index < -0.39 is 5.60 Å². The number of benzene rings is 1. The van der Waals surface area contributed by atoms with Gasteiger partial charge in [0, 0.05) is 6.42 Å². The molecule has 2 heteroatoms. The molecule has 0 bridgehead atoms. The first kappa shape index (κ1) is 11.1. The van der Waals surface area contributed by atoms with Crippen molar-refractivity contribution in [2.24, 2.45) is 0 Å². The van der Waals surface area contributed by atoms with E-state index in [0.717, 1.165) is 18.4 Å². The fourth-order valence-electron chi connectivity index (χ4n) is 1.49. The molecule has 0 aromatic heterocycles. The van der Waals surface area contributed by atoms with Crippen LogP contribution in [0.1, 0.15) is 32.3 Å². The summed E-state index contributed by atoms with van der Waals surface area (Å²) in [7, 11) is 0. The van der Waals surface area contributed by atoms with Gasteiger partial charge in [0.25, 0.3) is 0 Å². The predicted octanol–water partition coefficient (Wildman–Crippen LogP) is 2.49. The van der Waals surface area contributed by atoms with Crippen molar-refractivity contribution in [3.05, 3.63) is 29.8 Å². The van der Waals surface area contributed by atoms with Crippen molar-refractivity contribution in [3.8, 4) is 5.75 Å². The standard InChI is InChI=1S/C12H18O2/c1-3-12(14,4-2)9-10-5-7-11(13)8-6-10/h5-8,13-14H,3-4,9H2,1-2H3. The Morgan fingerprint density at radius 2 is 1.57 bits per heavy atom. The van der Waals surface area contributed by atoms with Crippen LogP contribution in [0.25, 0.3) is 0 Å². The molecule has 0 fully saturated rings. The topological polar surface area (TPSA) is 40.5 Å². The van der Waals surface area contributed by atoms with E-state index in [1.807, 2.05) is 26.0 Å². The highest BCUT2D eigenvalue weighted by Gasteiger charge is 2.22. The molecule has 1 rings (SSSR count). The summed E-state index contributed by atoms with van der Waals surface area (Å²) in [5.41, 5.74) is 0.464. The van der Waals surface area contributed by atoms with Gasteiger partial charge in [0.15, 0.2) is 0 Å². The van der Waals surface area contributed by atoms with E-state index in [1.165, 1.54) is 0 Å². The van der Waals surface area contributed by atoms with Crippen LogP contribution in [0.5, 0.6) is 5.75 Å². The molecule has 0 heterocycles. The molecule has 14 heavy (non-hydrogen) atoms. The van der Waals surface area contributed by atoms with Gasteiger partial charge in [0.1, 0.15) is 5.75 Å². The second kappa shape index (κ2) is 4.47. The smallest absolute Gasteiger partial charge is 0.115 e. The molecule has 1 aromatic rings. The minimum atomic E-state index is -0.600. The first-order valence-electron chi connectivity index (χ1n) is 5.10. The number of rotatable bonds is 4. The second-order valence-corrected chi connectivity index (χ2v) is 3.77. The zero-order chi connectivity index (χ0) is 10.6. The Morgan fingerprint density at radius 1 is 1.07 bits per heavy atom. The average Bonchev–Trinajstić information content (AvgIpc) is 2.21. The van der Waals surface area contributed by atoms with Crippen molar-refractivity contribution < 1.29 is 10.2 Å². The first-order chi connectivity index (χ1) is 6.59. The van der Waals surface area contributed by atoms with Gasteiger partial charge in [0.2, 0.25) is 0 Å².